The lowest BCUT2D eigenvalue weighted by molar-refractivity contribution is -0.139. The predicted octanol–water partition coefficient (Wildman–Crippen LogP) is 4.71. The molecule has 25 heavy (non-hydrogen) atoms. The Morgan fingerprint density at radius 1 is 1.12 bits per heavy atom. The van der Waals surface area contributed by atoms with E-state index in [1.807, 2.05) is 62.4 Å². The lowest BCUT2D eigenvalue weighted by Gasteiger charge is -2.08. The summed E-state index contributed by atoms with van der Waals surface area (Å²) in [5, 5.41) is 9.43. The molecule has 0 aliphatic heterocycles. The van der Waals surface area contributed by atoms with Gasteiger partial charge in [0, 0.05) is 0 Å². The van der Waals surface area contributed by atoms with Crippen LogP contribution in [-0.4, -0.2) is 12.6 Å². The second kappa shape index (κ2) is 8.47. The maximum Gasteiger partial charge on any atom is 0.337 e. The number of ether oxygens (including phenoxy) is 1. The molecule has 0 aliphatic rings. The Morgan fingerprint density at radius 2 is 1.72 bits per heavy atom. The van der Waals surface area contributed by atoms with Crippen LogP contribution in [0.2, 0.25) is 0 Å². The number of nitriles is 1. The second-order valence-corrected chi connectivity index (χ2v) is 5.88. The molecule has 0 heterocycles. The molecule has 0 aliphatic carbocycles. The molecule has 124 valence electrons. The maximum absolute atomic E-state index is 12.1. The molecule has 0 saturated carbocycles. The van der Waals surface area contributed by atoms with Gasteiger partial charge in [0.25, 0.3) is 5.70 Å². The number of esters is 1. The normalized spacial score (nSPS) is 11.2. The van der Waals surface area contributed by atoms with Crippen molar-refractivity contribution < 1.29 is 9.53 Å². The quantitative estimate of drug-likeness (QED) is 0.345. The molecule has 2 aromatic carbocycles. The van der Waals surface area contributed by atoms with Gasteiger partial charge in [0.15, 0.2) is 0 Å². The van der Waals surface area contributed by atoms with Crippen LogP contribution >= 0.6 is 0 Å². The standard InChI is InChI=1S/C21H18N2O2/c1-15(2)14-25-21(24)20(23-3)19(13-22)18-11-9-17(10-12-18)16-7-5-4-6-8-16/h4-12,15H,14H2,1-2H3/b20-19-. The first-order valence-electron chi connectivity index (χ1n) is 7.91. The molecule has 0 N–H and O–H groups in total. The Bertz CT molecular complexity index is 852. The van der Waals surface area contributed by atoms with Gasteiger partial charge in [-0.15, -0.1) is 0 Å². The van der Waals surface area contributed by atoms with Crippen LogP contribution in [0, 0.1) is 23.8 Å². The van der Waals surface area contributed by atoms with E-state index in [0.717, 1.165) is 11.1 Å². The zero-order chi connectivity index (χ0) is 18.2. The first-order chi connectivity index (χ1) is 12.1. The number of benzene rings is 2. The predicted molar refractivity (Wildman–Crippen MR) is 96.8 cm³/mol. The summed E-state index contributed by atoms with van der Waals surface area (Å²) in [6, 6.07) is 19.0. The molecule has 0 saturated heterocycles. The Balaban J connectivity index is 2.34. The van der Waals surface area contributed by atoms with Gasteiger partial charge in [-0.2, -0.15) is 5.26 Å². The Morgan fingerprint density at radius 3 is 2.24 bits per heavy atom. The summed E-state index contributed by atoms with van der Waals surface area (Å²) in [5.74, 6) is -0.598. The summed E-state index contributed by atoms with van der Waals surface area (Å²) in [4.78, 5) is 15.3. The van der Waals surface area contributed by atoms with Gasteiger partial charge in [-0.05, 0) is 22.6 Å². The van der Waals surface area contributed by atoms with Crippen LogP contribution in [0.3, 0.4) is 0 Å². The van der Waals surface area contributed by atoms with Crippen LogP contribution in [0.1, 0.15) is 19.4 Å². The number of hydrogen-bond acceptors (Lipinski definition) is 3. The number of nitrogens with zero attached hydrogens (tertiary/aromatic N) is 2. The third-order valence-electron chi connectivity index (χ3n) is 3.48. The van der Waals surface area contributed by atoms with Gasteiger partial charge in [0.2, 0.25) is 0 Å². The average Bonchev–Trinajstić information content (AvgIpc) is 2.65. The molecular weight excluding hydrogens is 312 g/mol. The van der Waals surface area contributed by atoms with E-state index in [0.29, 0.717) is 5.56 Å². The van der Waals surface area contributed by atoms with E-state index in [2.05, 4.69) is 4.85 Å². The summed E-state index contributed by atoms with van der Waals surface area (Å²) in [5.41, 5.74) is 2.32. The van der Waals surface area contributed by atoms with Crippen LogP contribution in [0.25, 0.3) is 21.5 Å². The summed E-state index contributed by atoms with van der Waals surface area (Å²) < 4.78 is 5.09. The van der Waals surface area contributed by atoms with Gasteiger partial charge in [-0.25, -0.2) is 4.85 Å². The number of allylic oxidation sites excluding steroid dienone is 1. The topological polar surface area (TPSA) is 54.5 Å². The summed E-state index contributed by atoms with van der Waals surface area (Å²) in [7, 11) is 0. The van der Waals surface area contributed by atoms with Crippen molar-refractivity contribution in [2.75, 3.05) is 6.61 Å². The van der Waals surface area contributed by atoms with Crippen LogP contribution in [0.4, 0.5) is 0 Å². The van der Waals surface area contributed by atoms with E-state index >= 15 is 0 Å². The van der Waals surface area contributed by atoms with Gasteiger partial charge in [-0.1, -0.05) is 68.4 Å². The van der Waals surface area contributed by atoms with E-state index < -0.39 is 5.97 Å². The van der Waals surface area contributed by atoms with Gasteiger partial charge in [0.1, 0.15) is 0 Å². The number of carbonyl (C=O) groups excluding carboxylic acids is 1. The Kier molecular flexibility index (Phi) is 6.09. The first-order valence-corrected chi connectivity index (χ1v) is 7.91. The third-order valence-corrected chi connectivity index (χ3v) is 3.48. The van der Waals surface area contributed by atoms with Gasteiger partial charge >= 0.3 is 5.97 Å². The smallest absolute Gasteiger partial charge is 0.337 e. The average molecular weight is 330 g/mol. The van der Waals surface area contributed by atoms with Crippen molar-refractivity contribution in [1.29, 1.82) is 5.26 Å². The highest BCUT2D eigenvalue weighted by molar-refractivity contribution is 6.02. The van der Waals surface area contributed by atoms with Gasteiger partial charge in [0.05, 0.1) is 24.8 Å². The molecule has 0 spiro atoms. The fraction of sp³-hybridized carbons (Fsp3) is 0.190. The molecule has 0 amide bonds. The highest BCUT2D eigenvalue weighted by atomic mass is 16.5. The molecule has 4 heteroatoms. The number of rotatable bonds is 5. The Labute approximate surface area is 147 Å². The first kappa shape index (κ1) is 18.0. The van der Waals surface area contributed by atoms with E-state index in [4.69, 9.17) is 11.3 Å². The van der Waals surface area contributed by atoms with E-state index in [-0.39, 0.29) is 23.8 Å². The van der Waals surface area contributed by atoms with Crippen molar-refractivity contribution in [2.45, 2.75) is 13.8 Å². The van der Waals surface area contributed by atoms with Crippen LogP contribution in [0.5, 0.6) is 0 Å². The van der Waals surface area contributed by atoms with Crippen LogP contribution in [0.15, 0.2) is 60.3 Å². The van der Waals surface area contributed by atoms with Gasteiger partial charge < -0.3 is 4.74 Å². The van der Waals surface area contributed by atoms with E-state index in [1.165, 1.54) is 0 Å². The zero-order valence-corrected chi connectivity index (χ0v) is 14.2. The van der Waals surface area contributed by atoms with E-state index in [1.54, 1.807) is 12.1 Å². The number of carbonyl (C=O) groups is 1. The van der Waals surface area contributed by atoms with Crippen LogP contribution in [-0.2, 0) is 9.53 Å². The molecule has 4 nitrogen and oxygen atoms in total. The molecule has 0 aromatic heterocycles. The minimum Gasteiger partial charge on any atom is -0.470 e. The van der Waals surface area contributed by atoms with Gasteiger partial charge in [-0.3, -0.25) is 4.79 Å². The maximum atomic E-state index is 12.1. The SMILES string of the molecule is [C-]#[N+]/C(C(=O)OCC(C)C)=C(/C#N)c1ccc(-c2ccccc2)cc1. The molecule has 0 fully saturated rings. The molecule has 2 aromatic rings. The van der Waals surface area contributed by atoms with Crippen LogP contribution < -0.4 is 0 Å². The van der Waals surface area contributed by atoms with Crippen molar-refractivity contribution in [1.82, 2.24) is 0 Å². The fourth-order valence-electron chi connectivity index (χ4n) is 2.23. The van der Waals surface area contributed by atoms with Crippen molar-refractivity contribution in [3.8, 4) is 17.2 Å². The summed E-state index contributed by atoms with van der Waals surface area (Å²) in [6.45, 7) is 11.3. The third kappa shape index (κ3) is 4.56. The number of hydrogen-bond donors (Lipinski definition) is 0. The molecule has 0 unspecified atom stereocenters. The largest absolute Gasteiger partial charge is 0.470 e. The second-order valence-electron chi connectivity index (χ2n) is 5.88. The monoisotopic (exact) mass is 330 g/mol. The summed E-state index contributed by atoms with van der Waals surface area (Å²) in [6.07, 6.45) is 0. The minimum absolute atomic E-state index is 0.0309. The molecule has 0 atom stereocenters. The lowest BCUT2D eigenvalue weighted by Crippen LogP contribution is -2.12. The fourth-order valence-corrected chi connectivity index (χ4v) is 2.23. The van der Waals surface area contributed by atoms with E-state index in [9.17, 15) is 10.1 Å². The molecule has 0 radical (unpaired) electrons. The lowest BCUT2D eigenvalue weighted by atomic mass is 10.00. The summed E-state index contributed by atoms with van der Waals surface area (Å²) >= 11 is 0. The van der Waals surface area contributed by atoms with Crippen molar-refractivity contribution in [3.05, 3.63) is 77.3 Å². The highest BCUT2D eigenvalue weighted by Gasteiger charge is 2.19. The molecular formula is C21H18N2O2. The van der Waals surface area contributed by atoms with Crippen molar-refractivity contribution in [2.24, 2.45) is 5.92 Å². The van der Waals surface area contributed by atoms with Crippen molar-refractivity contribution in [3.63, 3.8) is 0 Å². The zero-order valence-electron chi connectivity index (χ0n) is 14.2. The minimum atomic E-state index is -0.757. The Hall–Kier alpha value is -3.37. The highest BCUT2D eigenvalue weighted by Crippen LogP contribution is 2.25. The van der Waals surface area contributed by atoms with Crippen molar-refractivity contribution >= 4 is 11.5 Å². The molecule has 0 bridgehead atoms. The molecule has 2 rings (SSSR count).